The van der Waals surface area contributed by atoms with Crippen molar-refractivity contribution in [3.63, 3.8) is 0 Å². The fourth-order valence-corrected chi connectivity index (χ4v) is 2.18. The van der Waals surface area contributed by atoms with Gasteiger partial charge in [0.15, 0.2) is 0 Å². The molecule has 0 radical (unpaired) electrons. The first-order chi connectivity index (χ1) is 11.1. The number of carbonyl (C=O) groups is 1. The Morgan fingerprint density at radius 1 is 1.17 bits per heavy atom. The molecule has 1 aliphatic carbocycles. The first kappa shape index (κ1) is 15.3. The van der Waals surface area contributed by atoms with E-state index in [9.17, 15) is 13.6 Å². The Bertz CT molecular complexity index is 699. The third-order valence-corrected chi connectivity index (χ3v) is 3.52. The van der Waals surface area contributed by atoms with Gasteiger partial charge in [-0.1, -0.05) is 6.07 Å². The molecule has 3 rings (SSSR count). The number of rotatable bonds is 6. The van der Waals surface area contributed by atoms with Crippen LogP contribution in [-0.2, 0) is 0 Å². The maximum Gasteiger partial charge on any atom is 0.257 e. The molecule has 5 nitrogen and oxygen atoms in total. The molecule has 0 aliphatic heterocycles. The minimum Gasteiger partial charge on any atom is -0.368 e. The summed E-state index contributed by atoms with van der Waals surface area (Å²) in [5.41, 5.74) is -0.564. The molecule has 0 unspecified atom stereocenters. The van der Waals surface area contributed by atoms with Crippen LogP contribution in [0.25, 0.3) is 0 Å². The van der Waals surface area contributed by atoms with Gasteiger partial charge in [0, 0.05) is 25.2 Å². The van der Waals surface area contributed by atoms with Crippen LogP contribution >= 0.6 is 0 Å². The van der Waals surface area contributed by atoms with Crippen molar-refractivity contribution in [1.82, 2.24) is 15.3 Å². The third-order valence-electron chi connectivity index (χ3n) is 3.52. The zero-order valence-electron chi connectivity index (χ0n) is 12.4. The maximum absolute atomic E-state index is 13.5. The highest BCUT2D eigenvalue weighted by molar-refractivity contribution is 5.94. The molecule has 2 N–H and O–H groups in total. The number of hydrogen-bond acceptors (Lipinski definition) is 4. The van der Waals surface area contributed by atoms with Crippen molar-refractivity contribution in [2.24, 2.45) is 0 Å². The standard InChI is InChI=1S/C16H16F2N4O/c17-11-2-1-3-12(18)14(11)16(23)21-9-8-19-13-6-7-20-15(22-13)10-4-5-10/h1-3,6-7,10H,4-5,8-9H2,(H,21,23)(H,19,20,22). The lowest BCUT2D eigenvalue weighted by atomic mass is 10.2. The fraction of sp³-hybridized carbons (Fsp3) is 0.312. The van der Waals surface area contributed by atoms with E-state index in [1.54, 1.807) is 12.3 Å². The molecule has 1 aliphatic rings. The highest BCUT2D eigenvalue weighted by Crippen LogP contribution is 2.37. The summed E-state index contributed by atoms with van der Waals surface area (Å²) in [5, 5.41) is 5.53. The molecule has 2 aromatic rings. The Morgan fingerprint density at radius 2 is 1.91 bits per heavy atom. The van der Waals surface area contributed by atoms with E-state index < -0.39 is 23.1 Å². The predicted molar refractivity (Wildman–Crippen MR) is 81.2 cm³/mol. The summed E-state index contributed by atoms with van der Waals surface area (Å²) in [6.45, 7) is 0.609. The summed E-state index contributed by atoms with van der Waals surface area (Å²) >= 11 is 0. The zero-order chi connectivity index (χ0) is 16.2. The molecule has 1 saturated carbocycles. The minimum absolute atomic E-state index is 0.218. The normalized spacial score (nSPS) is 13.7. The quantitative estimate of drug-likeness (QED) is 0.803. The van der Waals surface area contributed by atoms with Gasteiger partial charge < -0.3 is 10.6 Å². The van der Waals surface area contributed by atoms with Gasteiger partial charge in [0.1, 0.15) is 28.8 Å². The molecule has 0 bridgehead atoms. The molecular weight excluding hydrogens is 302 g/mol. The maximum atomic E-state index is 13.5. The Hall–Kier alpha value is -2.57. The number of aromatic nitrogens is 2. The van der Waals surface area contributed by atoms with Crippen LogP contribution in [0.4, 0.5) is 14.6 Å². The average Bonchev–Trinajstić information content (AvgIpc) is 3.37. The number of nitrogens with zero attached hydrogens (tertiary/aromatic N) is 2. The second-order valence-corrected chi connectivity index (χ2v) is 5.35. The summed E-state index contributed by atoms with van der Waals surface area (Å²) < 4.78 is 26.9. The van der Waals surface area contributed by atoms with Crippen LogP contribution in [0.5, 0.6) is 0 Å². The third kappa shape index (κ3) is 3.80. The first-order valence-corrected chi connectivity index (χ1v) is 7.44. The van der Waals surface area contributed by atoms with Crippen molar-refractivity contribution in [3.8, 4) is 0 Å². The van der Waals surface area contributed by atoms with E-state index in [1.807, 2.05) is 0 Å². The molecule has 1 aromatic carbocycles. The van der Waals surface area contributed by atoms with Crippen LogP contribution in [0.3, 0.4) is 0 Å². The summed E-state index contributed by atoms with van der Waals surface area (Å²) in [7, 11) is 0. The molecular formula is C16H16F2N4O. The van der Waals surface area contributed by atoms with E-state index >= 15 is 0 Å². The Labute approximate surface area is 132 Å². The van der Waals surface area contributed by atoms with Gasteiger partial charge in [-0.2, -0.15) is 0 Å². The molecule has 23 heavy (non-hydrogen) atoms. The van der Waals surface area contributed by atoms with Crippen molar-refractivity contribution < 1.29 is 13.6 Å². The van der Waals surface area contributed by atoms with Gasteiger partial charge in [-0.25, -0.2) is 18.7 Å². The number of halogens is 2. The SMILES string of the molecule is O=C(NCCNc1ccnc(C2CC2)n1)c1c(F)cccc1F. The lowest BCUT2D eigenvalue weighted by Crippen LogP contribution is -2.30. The van der Waals surface area contributed by atoms with Gasteiger partial charge in [0.25, 0.3) is 5.91 Å². The molecule has 0 atom stereocenters. The number of benzene rings is 1. The van der Waals surface area contributed by atoms with E-state index in [2.05, 4.69) is 20.6 Å². The molecule has 120 valence electrons. The van der Waals surface area contributed by atoms with E-state index in [0.717, 1.165) is 30.8 Å². The molecule has 1 amide bonds. The predicted octanol–water partition coefficient (Wildman–Crippen LogP) is 2.47. The molecule has 7 heteroatoms. The number of carbonyl (C=O) groups excluding carboxylic acids is 1. The van der Waals surface area contributed by atoms with Crippen LogP contribution in [-0.4, -0.2) is 29.0 Å². The van der Waals surface area contributed by atoms with Gasteiger partial charge in [0.05, 0.1) is 0 Å². The summed E-state index contributed by atoms with van der Waals surface area (Å²) in [6.07, 6.45) is 3.93. The lowest BCUT2D eigenvalue weighted by molar-refractivity contribution is 0.0946. The molecule has 0 spiro atoms. The van der Waals surface area contributed by atoms with Crippen molar-refractivity contribution in [2.45, 2.75) is 18.8 Å². The number of anilines is 1. The van der Waals surface area contributed by atoms with Crippen LogP contribution in [0.2, 0.25) is 0 Å². The Balaban J connectivity index is 1.50. The van der Waals surface area contributed by atoms with E-state index in [1.165, 1.54) is 6.07 Å². The zero-order valence-corrected chi connectivity index (χ0v) is 12.4. The van der Waals surface area contributed by atoms with E-state index in [-0.39, 0.29) is 6.54 Å². The average molecular weight is 318 g/mol. The summed E-state index contributed by atoms with van der Waals surface area (Å²) in [4.78, 5) is 20.4. The number of nitrogens with one attached hydrogen (secondary N) is 2. The van der Waals surface area contributed by atoms with Crippen LogP contribution in [0.15, 0.2) is 30.5 Å². The molecule has 1 heterocycles. The second kappa shape index (κ2) is 6.68. The summed E-state index contributed by atoms with van der Waals surface area (Å²) in [6, 6.07) is 5.06. The summed E-state index contributed by atoms with van der Waals surface area (Å²) in [5.74, 6) is -0.564. The van der Waals surface area contributed by atoms with Gasteiger partial charge in [0.2, 0.25) is 0 Å². The van der Waals surface area contributed by atoms with Crippen LogP contribution in [0.1, 0.15) is 34.9 Å². The topological polar surface area (TPSA) is 66.9 Å². The fourth-order valence-electron chi connectivity index (χ4n) is 2.18. The first-order valence-electron chi connectivity index (χ1n) is 7.44. The smallest absolute Gasteiger partial charge is 0.257 e. The van der Waals surface area contributed by atoms with Gasteiger partial charge in [-0.15, -0.1) is 0 Å². The van der Waals surface area contributed by atoms with Crippen LogP contribution < -0.4 is 10.6 Å². The number of amides is 1. The van der Waals surface area contributed by atoms with Crippen LogP contribution in [0, 0.1) is 11.6 Å². The molecule has 0 saturated heterocycles. The highest BCUT2D eigenvalue weighted by atomic mass is 19.1. The second-order valence-electron chi connectivity index (χ2n) is 5.35. The van der Waals surface area contributed by atoms with E-state index in [4.69, 9.17) is 0 Å². The minimum atomic E-state index is -0.875. The van der Waals surface area contributed by atoms with Gasteiger partial charge in [-0.3, -0.25) is 4.79 Å². The number of hydrogen-bond donors (Lipinski definition) is 2. The van der Waals surface area contributed by atoms with Gasteiger partial charge >= 0.3 is 0 Å². The van der Waals surface area contributed by atoms with Crippen molar-refractivity contribution >= 4 is 11.7 Å². The molecule has 1 fully saturated rings. The van der Waals surface area contributed by atoms with Crippen molar-refractivity contribution in [1.29, 1.82) is 0 Å². The van der Waals surface area contributed by atoms with Crippen molar-refractivity contribution in [3.05, 3.63) is 53.5 Å². The van der Waals surface area contributed by atoms with Crippen molar-refractivity contribution in [2.75, 3.05) is 18.4 Å². The lowest BCUT2D eigenvalue weighted by Gasteiger charge is -2.09. The van der Waals surface area contributed by atoms with E-state index in [0.29, 0.717) is 18.3 Å². The Morgan fingerprint density at radius 3 is 2.61 bits per heavy atom. The highest BCUT2D eigenvalue weighted by Gasteiger charge is 2.26. The molecule has 1 aromatic heterocycles. The van der Waals surface area contributed by atoms with Gasteiger partial charge in [-0.05, 0) is 31.0 Å². The Kier molecular flexibility index (Phi) is 4.45. The monoisotopic (exact) mass is 318 g/mol. The largest absolute Gasteiger partial charge is 0.368 e.